The summed E-state index contributed by atoms with van der Waals surface area (Å²) in [6, 6.07) is 12.5. The molecule has 150 valence electrons. The number of halogens is 1. The molecule has 1 unspecified atom stereocenters. The highest BCUT2D eigenvalue weighted by Gasteiger charge is 2.17. The summed E-state index contributed by atoms with van der Waals surface area (Å²) >= 11 is 0. The van der Waals surface area contributed by atoms with E-state index in [-0.39, 0.29) is 36.9 Å². The quantitative estimate of drug-likeness (QED) is 0.658. The summed E-state index contributed by atoms with van der Waals surface area (Å²) in [6.45, 7) is 2.94. The third-order valence-electron chi connectivity index (χ3n) is 4.28. The summed E-state index contributed by atoms with van der Waals surface area (Å²) in [7, 11) is 1.79. The molecule has 0 spiro atoms. The van der Waals surface area contributed by atoms with Gasteiger partial charge in [-0.1, -0.05) is 25.1 Å². The van der Waals surface area contributed by atoms with Crippen molar-refractivity contribution in [3.8, 4) is 11.5 Å². The third-order valence-corrected chi connectivity index (χ3v) is 4.28. The van der Waals surface area contributed by atoms with Gasteiger partial charge in [-0.15, -0.1) is 12.4 Å². The zero-order valence-corrected chi connectivity index (χ0v) is 16.6. The predicted molar refractivity (Wildman–Crippen MR) is 109 cm³/mol. The van der Waals surface area contributed by atoms with Crippen molar-refractivity contribution in [1.82, 2.24) is 10.6 Å². The SMILES string of the molecule is CNCC(C)C(=O)Nc1ccccc1C(=O)NCc1ccc2c(c1)OCO2.Cl. The van der Waals surface area contributed by atoms with Crippen LogP contribution >= 0.6 is 12.4 Å². The van der Waals surface area contributed by atoms with E-state index in [2.05, 4.69) is 16.0 Å². The first-order valence-corrected chi connectivity index (χ1v) is 8.79. The fraction of sp³-hybridized carbons (Fsp3) is 0.300. The van der Waals surface area contributed by atoms with E-state index in [1.807, 2.05) is 25.1 Å². The first-order chi connectivity index (χ1) is 13.1. The first-order valence-electron chi connectivity index (χ1n) is 8.79. The molecule has 2 aromatic carbocycles. The monoisotopic (exact) mass is 405 g/mol. The number of para-hydroxylation sites is 1. The molecule has 0 aliphatic carbocycles. The lowest BCUT2D eigenvalue weighted by Crippen LogP contribution is -2.30. The number of anilines is 1. The van der Waals surface area contributed by atoms with Gasteiger partial charge < -0.3 is 25.4 Å². The van der Waals surface area contributed by atoms with Gasteiger partial charge in [0.25, 0.3) is 5.91 Å². The molecule has 0 aromatic heterocycles. The molecule has 1 aliphatic rings. The van der Waals surface area contributed by atoms with Crippen LogP contribution in [0.3, 0.4) is 0 Å². The zero-order valence-electron chi connectivity index (χ0n) is 15.8. The van der Waals surface area contributed by atoms with Crippen molar-refractivity contribution in [2.24, 2.45) is 5.92 Å². The maximum Gasteiger partial charge on any atom is 0.253 e. The second kappa shape index (κ2) is 9.96. The van der Waals surface area contributed by atoms with E-state index in [0.29, 0.717) is 35.8 Å². The molecule has 1 atom stereocenters. The smallest absolute Gasteiger partial charge is 0.253 e. The van der Waals surface area contributed by atoms with E-state index >= 15 is 0 Å². The Morgan fingerprint density at radius 1 is 1.11 bits per heavy atom. The van der Waals surface area contributed by atoms with E-state index in [9.17, 15) is 9.59 Å². The fourth-order valence-electron chi connectivity index (χ4n) is 2.77. The molecule has 0 saturated carbocycles. The maximum absolute atomic E-state index is 12.6. The predicted octanol–water partition coefficient (Wildman–Crippen LogP) is 2.56. The second-order valence-corrected chi connectivity index (χ2v) is 6.36. The van der Waals surface area contributed by atoms with E-state index < -0.39 is 0 Å². The number of rotatable bonds is 7. The lowest BCUT2D eigenvalue weighted by Gasteiger charge is -2.14. The Labute approximate surface area is 170 Å². The van der Waals surface area contributed by atoms with Crippen molar-refractivity contribution in [1.29, 1.82) is 0 Å². The van der Waals surface area contributed by atoms with Gasteiger partial charge in [-0.05, 0) is 36.9 Å². The number of carbonyl (C=O) groups is 2. The van der Waals surface area contributed by atoms with Crippen molar-refractivity contribution in [2.75, 3.05) is 25.7 Å². The first kappa shape index (κ1) is 21.5. The van der Waals surface area contributed by atoms with Crippen LogP contribution in [0.2, 0.25) is 0 Å². The number of fused-ring (bicyclic) bond motifs is 1. The van der Waals surface area contributed by atoms with Crippen LogP contribution in [0.15, 0.2) is 42.5 Å². The number of ether oxygens (including phenoxy) is 2. The highest BCUT2D eigenvalue weighted by molar-refractivity contribution is 6.04. The van der Waals surface area contributed by atoms with Crippen LogP contribution in [0.25, 0.3) is 0 Å². The van der Waals surface area contributed by atoms with Crippen LogP contribution in [-0.2, 0) is 11.3 Å². The molecule has 1 aliphatic heterocycles. The van der Waals surface area contributed by atoms with Crippen LogP contribution in [0.4, 0.5) is 5.69 Å². The maximum atomic E-state index is 12.6. The average Bonchev–Trinajstić information content (AvgIpc) is 3.14. The number of carbonyl (C=O) groups excluding carboxylic acids is 2. The van der Waals surface area contributed by atoms with Gasteiger partial charge in [-0.2, -0.15) is 0 Å². The Hall–Kier alpha value is -2.77. The highest BCUT2D eigenvalue weighted by Crippen LogP contribution is 2.32. The summed E-state index contributed by atoms with van der Waals surface area (Å²) in [5.41, 5.74) is 1.81. The van der Waals surface area contributed by atoms with Gasteiger partial charge in [0.15, 0.2) is 11.5 Å². The Morgan fingerprint density at radius 3 is 2.64 bits per heavy atom. The zero-order chi connectivity index (χ0) is 19.2. The summed E-state index contributed by atoms with van der Waals surface area (Å²) in [4.78, 5) is 24.9. The Bertz CT molecular complexity index is 844. The second-order valence-electron chi connectivity index (χ2n) is 6.36. The largest absolute Gasteiger partial charge is 0.454 e. The molecule has 0 bridgehead atoms. The lowest BCUT2D eigenvalue weighted by molar-refractivity contribution is -0.119. The van der Waals surface area contributed by atoms with Gasteiger partial charge in [0.1, 0.15) is 0 Å². The van der Waals surface area contributed by atoms with E-state index in [1.165, 1.54) is 0 Å². The molecule has 0 fully saturated rings. The minimum Gasteiger partial charge on any atom is -0.454 e. The topological polar surface area (TPSA) is 88.7 Å². The number of hydrogen-bond acceptors (Lipinski definition) is 5. The van der Waals surface area contributed by atoms with E-state index in [0.717, 1.165) is 5.56 Å². The summed E-state index contributed by atoms with van der Waals surface area (Å²) in [5, 5.41) is 8.68. The van der Waals surface area contributed by atoms with Crippen LogP contribution in [0, 0.1) is 5.92 Å². The molecule has 28 heavy (non-hydrogen) atoms. The van der Waals surface area contributed by atoms with Gasteiger partial charge in [-0.3, -0.25) is 9.59 Å². The van der Waals surface area contributed by atoms with E-state index in [1.54, 1.807) is 31.3 Å². The van der Waals surface area contributed by atoms with Gasteiger partial charge in [0.2, 0.25) is 12.7 Å². The summed E-state index contributed by atoms with van der Waals surface area (Å²) < 4.78 is 10.6. The molecule has 3 N–H and O–H groups in total. The molecule has 2 amide bonds. The van der Waals surface area contributed by atoms with Crippen LogP contribution < -0.4 is 25.4 Å². The minimum atomic E-state index is -0.259. The highest BCUT2D eigenvalue weighted by atomic mass is 35.5. The normalized spacial score (nSPS) is 12.6. The molecule has 0 radical (unpaired) electrons. The van der Waals surface area contributed by atoms with Gasteiger partial charge in [0.05, 0.1) is 11.3 Å². The lowest BCUT2D eigenvalue weighted by atomic mass is 10.1. The fourth-order valence-corrected chi connectivity index (χ4v) is 2.77. The van der Waals surface area contributed by atoms with Crippen LogP contribution in [0.1, 0.15) is 22.8 Å². The minimum absolute atomic E-state index is 0. The standard InChI is InChI=1S/C20H23N3O4.ClH/c1-13(10-21-2)19(24)23-16-6-4-3-5-15(16)20(25)22-11-14-7-8-17-18(9-14)27-12-26-17;/h3-9,13,21H,10-12H2,1-2H3,(H,22,25)(H,23,24);1H. The van der Waals surface area contributed by atoms with Crippen LogP contribution in [0.5, 0.6) is 11.5 Å². The van der Waals surface area contributed by atoms with Crippen molar-refractivity contribution >= 4 is 29.9 Å². The van der Waals surface area contributed by atoms with Crippen molar-refractivity contribution in [3.05, 3.63) is 53.6 Å². The average molecular weight is 406 g/mol. The van der Waals surface area contributed by atoms with Gasteiger partial charge >= 0.3 is 0 Å². The molecule has 3 rings (SSSR count). The molecule has 2 aromatic rings. The van der Waals surface area contributed by atoms with Crippen molar-refractivity contribution < 1.29 is 19.1 Å². The van der Waals surface area contributed by atoms with Crippen LogP contribution in [-0.4, -0.2) is 32.2 Å². The van der Waals surface area contributed by atoms with Crippen molar-refractivity contribution in [3.63, 3.8) is 0 Å². The molecular formula is C20H24ClN3O4. The van der Waals surface area contributed by atoms with Gasteiger partial charge in [0, 0.05) is 19.0 Å². The van der Waals surface area contributed by atoms with Crippen molar-refractivity contribution in [2.45, 2.75) is 13.5 Å². The molecular weight excluding hydrogens is 382 g/mol. The van der Waals surface area contributed by atoms with Gasteiger partial charge in [-0.25, -0.2) is 0 Å². The molecule has 1 heterocycles. The molecule has 8 heteroatoms. The summed E-state index contributed by atoms with van der Waals surface area (Å²) in [6.07, 6.45) is 0. The molecule has 7 nitrogen and oxygen atoms in total. The Balaban J connectivity index is 0.00000280. The summed E-state index contributed by atoms with van der Waals surface area (Å²) in [5.74, 6) is 0.770. The Morgan fingerprint density at radius 2 is 1.86 bits per heavy atom. The third kappa shape index (κ3) is 5.15. The Kier molecular flexibility index (Phi) is 7.66. The number of hydrogen-bond donors (Lipinski definition) is 3. The molecule has 0 saturated heterocycles. The number of amides is 2. The van der Waals surface area contributed by atoms with E-state index in [4.69, 9.17) is 9.47 Å². The number of benzene rings is 2. The number of nitrogens with one attached hydrogen (secondary N) is 3.